The van der Waals surface area contributed by atoms with Gasteiger partial charge in [-0.05, 0) is 89.1 Å². The Labute approximate surface area is 296 Å². The number of hydrogen-bond acceptors (Lipinski definition) is 10. The molecule has 1 saturated heterocycles. The number of aromatic nitrogens is 5. The Bertz CT molecular complexity index is 1480. The Hall–Kier alpha value is -3.84. The van der Waals surface area contributed by atoms with Gasteiger partial charge in [0, 0.05) is 43.5 Å². The Kier molecular flexibility index (Phi) is 14.6. The summed E-state index contributed by atoms with van der Waals surface area (Å²) in [6.45, 7) is 9.65. The van der Waals surface area contributed by atoms with E-state index in [1.54, 1.807) is 0 Å². The van der Waals surface area contributed by atoms with Crippen molar-refractivity contribution in [1.82, 2.24) is 40.5 Å². The molecule has 1 aliphatic heterocycles. The number of carboxylic acid groups (broad SMARTS) is 1. The average Bonchev–Trinajstić information content (AvgIpc) is 3.58. The van der Waals surface area contributed by atoms with Crippen molar-refractivity contribution in [3.8, 4) is 0 Å². The van der Waals surface area contributed by atoms with Crippen molar-refractivity contribution in [2.75, 3.05) is 43.4 Å². The second-order valence-electron chi connectivity index (χ2n) is 14.5. The molecule has 5 rings (SSSR count). The van der Waals surface area contributed by atoms with Crippen molar-refractivity contribution in [3.63, 3.8) is 0 Å². The lowest BCUT2D eigenvalue weighted by atomic mass is 9.92. The molecule has 274 valence electrons. The molecule has 1 amide bonds. The Balaban J connectivity index is 1.03. The summed E-state index contributed by atoms with van der Waals surface area (Å²) in [6.07, 6.45) is 13.8. The van der Waals surface area contributed by atoms with Gasteiger partial charge in [0.05, 0.1) is 24.2 Å². The summed E-state index contributed by atoms with van der Waals surface area (Å²) in [5.41, 5.74) is 1.67. The van der Waals surface area contributed by atoms with E-state index in [0.717, 1.165) is 80.3 Å². The minimum atomic E-state index is -0.811. The second kappa shape index (κ2) is 19.5. The standard InChI is InChI=1S/C37H58N10O3/c1-27(2)24-28(36(49)50)14-15-34(48)46-22-16-30(17-23-46)41-35-32-12-6-7-13-33(32)42-37(43-35)40-25-31-26-47(45-44-31)21-9-19-38-18-8-20-39-29-10-4-3-5-11-29/h6-7,12-13,26-30,38-39H,3-5,8-11,14-25H2,1-2H3,(H,49,50)(H2,40,41,42,43). The third-order valence-corrected chi connectivity index (χ3v) is 9.93. The molecule has 0 bridgehead atoms. The van der Waals surface area contributed by atoms with Crippen molar-refractivity contribution in [3.05, 3.63) is 36.2 Å². The highest BCUT2D eigenvalue weighted by atomic mass is 16.4. The number of nitrogens with one attached hydrogen (secondary N) is 4. The first-order valence-electron chi connectivity index (χ1n) is 18.9. The molecule has 2 aliphatic rings. The van der Waals surface area contributed by atoms with Gasteiger partial charge in [0.15, 0.2) is 0 Å². The molecular formula is C37H58N10O3. The number of fused-ring (bicyclic) bond motifs is 1. The lowest BCUT2D eigenvalue weighted by molar-refractivity contribution is -0.143. The van der Waals surface area contributed by atoms with Crippen LogP contribution in [0, 0.1) is 11.8 Å². The van der Waals surface area contributed by atoms with Crippen molar-refractivity contribution in [1.29, 1.82) is 0 Å². The predicted octanol–water partition coefficient (Wildman–Crippen LogP) is 5.06. The first kappa shape index (κ1) is 37.4. The zero-order chi connectivity index (χ0) is 35.1. The second-order valence-corrected chi connectivity index (χ2v) is 14.5. The van der Waals surface area contributed by atoms with Crippen LogP contribution in [0.3, 0.4) is 0 Å². The number of carbonyl (C=O) groups is 2. The van der Waals surface area contributed by atoms with E-state index in [9.17, 15) is 14.7 Å². The largest absolute Gasteiger partial charge is 0.481 e. The van der Waals surface area contributed by atoms with Crippen molar-refractivity contribution >= 4 is 34.5 Å². The average molecular weight is 691 g/mol. The van der Waals surface area contributed by atoms with Crippen molar-refractivity contribution < 1.29 is 14.7 Å². The van der Waals surface area contributed by atoms with Crippen LogP contribution >= 0.6 is 0 Å². The van der Waals surface area contributed by atoms with E-state index in [1.165, 1.54) is 32.1 Å². The topological polar surface area (TPSA) is 162 Å². The van der Waals surface area contributed by atoms with Gasteiger partial charge in [-0.15, -0.1) is 5.10 Å². The monoisotopic (exact) mass is 690 g/mol. The molecule has 5 N–H and O–H groups in total. The van der Waals surface area contributed by atoms with Crippen molar-refractivity contribution in [2.24, 2.45) is 11.8 Å². The number of likely N-dealkylation sites (tertiary alicyclic amines) is 1. The minimum absolute atomic E-state index is 0.0408. The van der Waals surface area contributed by atoms with Crippen molar-refractivity contribution in [2.45, 2.75) is 116 Å². The van der Waals surface area contributed by atoms with Crippen LogP contribution in [0.5, 0.6) is 0 Å². The highest BCUT2D eigenvalue weighted by Crippen LogP contribution is 2.26. The van der Waals surface area contributed by atoms with E-state index in [-0.39, 0.29) is 24.3 Å². The van der Waals surface area contributed by atoms with Crippen LogP contribution in [0.1, 0.15) is 96.6 Å². The lowest BCUT2D eigenvalue weighted by Crippen LogP contribution is -2.42. The maximum Gasteiger partial charge on any atom is 0.306 e. The van der Waals surface area contributed by atoms with Gasteiger partial charge < -0.3 is 31.3 Å². The molecule has 50 heavy (non-hydrogen) atoms. The lowest BCUT2D eigenvalue weighted by Gasteiger charge is -2.33. The number of rotatable bonds is 20. The van der Waals surface area contributed by atoms with E-state index in [0.29, 0.717) is 38.4 Å². The summed E-state index contributed by atoms with van der Waals surface area (Å²) in [5, 5.41) is 33.4. The molecule has 1 unspecified atom stereocenters. The molecule has 3 heterocycles. The number of piperidine rings is 1. The molecule has 3 aromatic rings. The number of amides is 1. The van der Waals surface area contributed by atoms with E-state index < -0.39 is 11.9 Å². The number of nitrogens with zero attached hydrogens (tertiary/aromatic N) is 6. The number of anilines is 2. The van der Waals surface area contributed by atoms with Gasteiger partial charge >= 0.3 is 5.97 Å². The quantitative estimate of drug-likeness (QED) is 0.101. The van der Waals surface area contributed by atoms with Crippen LogP contribution in [0.2, 0.25) is 0 Å². The SMILES string of the molecule is CC(C)CC(CCC(=O)N1CCC(Nc2nc(NCc3cn(CCCNCCCNC4CCCCC4)nn3)nc3ccccc23)CC1)C(=O)O. The molecule has 0 radical (unpaired) electrons. The normalized spacial score (nSPS) is 16.6. The molecule has 2 aromatic heterocycles. The molecule has 1 aromatic carbocycles. The van der Waals surface area contributed by atoms with Gasteiger partial charge in [0.1, 0.15) is 11.5 Å². The third-order valence-electron chi connectivity index (χ3n) is 9.93. The van der Waals surface area contributed by atoms with Crippen LogP contribution in [0.25, 0.3) is 10.9 Å². The summed E-state index contributed by atoms with van der Waals surface area (Å²) >= 11 is 0. The maximum atomic E-state index is 12.9. The summed E-state index contributed by atoms with van der Waals surface area (Å²) < 4.78 is 1.89. The predicted molar refractivity (Wildman–Crippen MR) is 197 cm³/mol. The maximum absolute atomic E-state index is 12.9. The number of carbonyl (C=O) groups excluding carboxylic acids is 1. The number of benzene rings is 1. The summed E-state index contributed by atoms with van der Waals surface area (Å²) in [5.74, 6) is 0.326. The molecular weight excluding hydrogens is 632 g/mol. The number of hydrogen-bond donors (Lipinski definition) is 5. The highest BCUT2D eigenvalue weighted by molar-refractivity contribution is 5.90. The third kappa shape index (κ3) is 11.9. The first-order valence-corrected chi connectivity index (χ1v) is 18.9. The number of para-hydroxylation sites is 1. The van der Waals surface area contributed by atoms with Gasteiger partial charge in [0.25, 0.3) is 0 Å². The summed E-state index contributed by atoms with van der Waals surface area (Å²) in [6, 6.07) is 8.84. The zero-order valence-corrected chi connectivity index (χ0v) is 30.1. The van der Waals surface area contributed by atoms with Crippen LogP contribution in [-0.2, 0) is 22.7 Å². The zero-order valence-electron chi connectivity index (χ0n) is 30.1. The fourth-order valence-corrected chi connectivity index (χ4v) is 7.12. The first-order chi connectivity index (χ1) is 24.3. The van der Waals surface area contributed by atoms with Gasteiger partial charge in [-0.25, -0.2) is 4.98 Å². The minimum Gasteiger partial charge on any atom is -0.481 e. The van der Waals surface area contributed by atoms with Crippen LogP contribution in [0.15, 0.2) is 30.5 Å². The van der Waals surface area contributed by atoms with E-state index in [4.69, 9.17) is 9.97 Å². The van der Waals surface area contributed by atoms with Gasteiger partial charge in [-0.2, -0.15) is 4.98 Å². The molecule has 2 fully saturated rings. The van der Waals surface area contributed by atoms with Gasteiger partial charge in [0.2, 0.25) is 11.9 Å². The van der Waals surface area contributed by atoms with Crippen LogP contribution in [-0.4, -0.2) is 91.7 Å². The molecule has 1 saturated carbocycles. The Morgan fingerprint density at radius 3 is 2.52 bits per heavy atom. The fraction of sp³-hybridized carbons (Fsp3) is 0.676. The van der Waals surface area contributed by atoms with Gasteiger partial charge in [-0.3, -0.25) is 14.3 Å². The Morgan fingerprint density at radius 2 is 1.74 bits per heavy atom. The molecule has 13 heteroatoms. The van der Waals surface area contributed by atoms with E-state index in [2.05, 4.69) is 31.6 Å². The molecule has 1 atom stereocenters. The Morgan fingerprint density at radius 1 is 0.960 bits per heavy atom. The molecule has 0 spiro atoms. The number of aryl methyl sites for hydroxylation is 1. The molecule has 1 aliphatic carbocycles. The van der Waals surface area contributed by atoms with E-state index in [1.807, 2.05) is 53.9 Å². The summed E-state index contributed by atoms with van der Waals surface area (Å²) in [4.78, 5) is 36.0. The highest BCUT2D eigenvalue weighted by Gasteiger charge is 2.26. The van der Waals surface area contributed by atoms with Crippen LogP contribution in [0.4, 0.5) is 11.8 Å². The smallest absolute Gasteiger partial charge is 0.306 e. The number of aliphatic carboxylic acids is 1. The van der Waals surface area contributed by atoms with E-state index >= 15 is 0 Å². The van der Waals surface area contributed by atoms with Crippen LogP contribution < -0.4 is 21.3 Å². The summed E-state index contributed by atoms with van der Waals surface area (Å²) in [7, 11) is 0. The fourth-order valence-electron chi connectivity index (χ4n) is 7.12. The van der Waals surface area contributed by atoms with Gasteiger partial charge in [-0.1, -0.05) is 50.5 Å². The molecule has 13 nitrogen and oxygen atoms in total. The number of carboxylic acids is 1.